The van der Waals surface area contributed by atoms with Crippen LogP contribution < -0.4 is 46.9 Å². The fourth-order valence-corrected chi connectivity index (χ4v) is 24.2. The molecule has 2 heterocycles. The Labute approximate surface area is 577 Å². The molecule has 2 spiro atoms. The molecule has 0 unspecified atom stereocenters. The molecule has 14 aromatic carbocycles. The first-order valence-corrected chi connectivity index (χ1v) is 37.0. The molecule has 0 bridgehead atoms. The highest BCUT2D eigenvalue weighted by atomic mass is 28.3. The van der Waals surface area contributed by atoms with Gasteiger partial charge < -0.3 is 9.80 Å². The predicted molar refractivity (Wildman–Crippen MR) is 414 cm³/mol. The Bertz CT molecular complexity index is 5190. The van der Waals surface area contributed by atoms with Crippen LogP contribution in [0.2, 0.25) is 0 Å². The highest BCUT2D eigenvalue weighted by Crippen LogP contribution is 2.68. The summed E-state index contributed by atoms with van der Waals surface area (Å²) in [4.78, 5) is 5.59. The molecule has 2 nitrogen and oxygen atoms in total. The van der Waals surface area contributed by atoms with Crippen molar-refractivity contribution in [1.29, 1.82) is 0 Å². The average molecular weight is 1270 g/mol. The summed E-state index contributed by atoms with van der Waals surface area (Å²) in [5.41, 5.74) is 33.1. The Morgan fingerprint density at radius 2 is 0.541 bits per heavy atom. The lowest BCUT2D eigenvalue weighted by atomic mass is 9.33. The number of hydrogen-bond donors (Lipinski definition) is 0. The second kappa shape index (κ2) is 20.5. The molecule has 4 heteroatoms. The van der Waals surface area contributed by atoms with Crippen molar-refractivity contribution in [3.63, 3.8) is 0 Å². The molecule has 0 fully saturated rings. The molecule has 464 valence electrons. The molecule has 98 heavy (non-hydrogen) atoms. The summed E-state index contributed by atoms with van der Waals surface area (Å²) in [7, 11) is -3.37. The molecule has 0 N–H and O–H groups in total. The minimum absolute atomic E-state index is 0.158. The maximum Gasteiger partial charge on any atom is 0.252 e. The molecule has 20 rings (SSSR count). The quantitative estimate of drug-likeness (QED) is 0.121. The van der Waals surface area contributed by atoms with E-state index in [1.165, 1.54) is 171 Å². The zero-order valence-electron chi connectivity index (χ0n) is 56.1. The lowest BCUT2D eigenvalue weighted by Crippen LogP contribution is -2.75. The summed E-state index contributed by atoms with van der Waals surface area (Å²) in [6.45, 7) is 14.2. The summed E-state index contributed by atoms with van der Waals surface area (Å²) >= 11 is 0. The van der Waals surface area contributed by atoms with Gasteiger partial charge in [0.2, 0.25) is 0 Å². The maximum atomic E-state index is 2.80. The number of anilines is 6. The van der Waals surface area contributed by atoms with Crippen LogP contribution in [-0.2, 0) is 21.7 Å². The second-order valence-electron chi connectivity index (χ2n) is 30.1. The highest BCUT2D eigenvalue weighted by molar-refractivity contribution is 7.20. The molecule has 4 aliphatic carbocycles. The fourth-order valence-electron chi connectivity index (χ4n) is 19.4. The van der Waals surface area contributed by atoms with E-state index in [1.54, 1.807) is 0 Å². The van der Waals surface area contributed by atoms with Crippen LogP contribution in [0, 0.1) is 0 Å². The van der Waals surface area contributed by atoms with Crippen LogP contribution in [0.5, 0.6) is 0 Å². The minimum atomic E-state index is -3.37. The van der Waals surface area contributed by atoms with Crippen LogP contribution in [0.1, 0.15) is 97.2 Å². The SMILES string of the molecule is CC(C)(C)c1ccc2c(c1)B1c3cc(C(C)(C)C)ccc3N(c3cccc4c3C3(c5ccccc5-c5ccccc53)c3ccccc3-4)c3cc([Si](c4ccccc4)(c4ccccc4)c4ccccc4)cc(c31)N2c1cccc2c1C1(c3ccccc3-c3ccccc31)c1ccccc1-2. The zero-order valence-corrected chi connectivity index (χ0v) is 57.1. The summed E-state index contributed by atoms with van der Waals surface area (Å²) < 4.78 is 0. The summed E-state index contributed by atoms with van der Waals surface area (Å²) in [5.74, 6) is 0. The third kappa shape index (κ3) is 7.38. The predicted octanol–water partition coefficient (Wildman–Crippen LogP) is 18.4. The van der Waals surface area contributed by atoms with Gasteiger partial charge in [-0.15, -0.1) is 0 Å². The van der Waals surface area contributed by atoms with Crippen molar-refractivity contribution in [1.82, 2.24) is 0 Å². The van der Waals surface area contributed by atoms with Gasteiger partial charge >= 0.3 is 0 Å². The standard InChI is InChI=1S/C94H71BN2Si/c1-91(2,3)60-52-54-82-80(56-60)95-81-57-61(92(4,5)6)53-55-83(81)97(85-51-29-43-73-71-41-21-27-49-79(71)94(89(73)85)76-46-24-18-38-68(76)69-39-19-25-47-77(69)94)87-59-65(98(62-30-10-7-11-31-62,63-32-12-8-13-33-63)64-34-14-9-15-35-64)58-86(90(87)95)96(82)84-50-28-42-72-70-40-20-26-48-78(70)93(88(72)84)74-44-22-16-36-66(74)67-37-17-23-45-75(67)93/h7-59H,1-6H3. The number of fused-ring (bicyclic) bond motifs is 24. The molecule has 0 atom stereocenters. The minimum Gasteiger partial charge on any atom is -0.311 e. The van der Waals surface area contributed by atoms with Crippen LogP contribution in [0.15, 0.2) is 322 Å². The molecule has 0 radical (unpaired) electrons. The smallest absolute Gasteiger partial charge is 0.252 e. The Morgan fingerprint density at radius 1 is 0.255 bits per heavy atom. The van der Waals surface area contributed by atoms with Gasteiger partial charge in [-0.25, -0.2) is 0 Å². The highest BCUT2D eigenvalue weighted by Gasteiger charge is 2.57. The Kier molecular flexibility index (Phi) is 12.0. The van der Waals surface area contributed by atoms with E-state index in [1.807, 2.05) is 0 Å². The summed E-state index contributed by atoms with van der Waals surface area (Å²) in [6, 6.07) is 126. The Hall–Kier alpha value is -11.0. The largest absolute Gasteiger partial charge is 0.311 e. The number of hydrogen-bond acceptors (Lipinski definition) is 2. The molecule has 14 aromatic rings. The number of nitrogens with zero attached hydrogens (tertiary/aromatic N) is 2. The fraction of sp³-hybridized carbons (Fsp3) is 0.106. The van der Waals surface area contributed by atoms with Crippen LogP contribution in [0.3, 0.4) is 0 Å². The monoisotopic (exact) mass is 1270 g/mol. The van der Waals surface area contributed by atoms with Gasteiger partial charge in [-0.1, -0.05) is 327 Å². The van der Waals surface area contributed by atoms with Crippen molar-refractivity contribution >= 4 is 86.0 Å². The van der Waals surface area contributed by atoms with Crippen molar-refractivity contribution in [2.24, 2.45) is 0 Å². The van der Waals surface area contributed by atoms with Gasteiger partial charge in [0.15, 0.2) is 8.07 Å². The molecule has 0 amide bonds. The molecular weight excluding hydrogens is 1200 g/mol. The van der Waals surface area contributed by atoms with Gasteiger partial charge in [0.25, 0.3) is 6.71 Å². The van der Waals surface area contributed by atoms with E-state index in [9.17, 15) is 0 Å². The van der Waals surface area contributed by atoms with E-state index in [0.29, 0.717) is 0 Å². The zero-order chi connectivity index (χ0) is 65.6. The third-order valence-corrected chi connectivity index (χ3v) is 28.1. The molecule has 6 aliphatic rings. The van der Waals surface area contributed by atoms with Gasteiger partial charge in [-0.05, 0) is 173 Å². The number of benzene rings is 14. The van der Waals surface area contributed by atoms with Gasteiger partial charge in [0.1, 0.15) is 0 Å². The van der Waals surface area contributed by atoms with Crippen molar-refractivity contribution in [3.05, 3.63) is 377 Å². The van der Waals surface area contributed by atoms with Crippen molar-refractivity contribution in [3.8, 4) is 44.5 Å². The summed E-state index contributed by atoms with van der Waals surface area (Å²) in [5, 5.41) is 5.32. The Morgan fingerprint density at radius 3 is 0.857 bits per heavy atom. The molecular formula is C94H71BN2Si. The first kappa shape index (κ1) is 57.2. The lowest BCUT2D eigenvalue weighted by molar-refractivity contribution is 0.590. The van der Waals surface area contributed by atoms with Crippen LogP contribution >= 0.6 is 0 Å². The summed E-state index contributed by atoms with van der Waals surface area (Å²) in [6.07, 6.45) is 0. The molecule has 0 saturated carbocycles. The molecule has 0 saturated heterocycles. The van der Waals surface area contributed by atoms with Gasteiger partial charge in [-0.3, -0.25) is 0 Å². The normalized spacial score (nSPS) is 14.7. The van der Waals surface area contributed by atoms with Gasteiger partial charge in [0, 0.05) is 33.9 Å². The maximum absolute atomic E-state index is 3.37. The number of rotatable bonds is 6. The van der Waals surface area contributed by atoms with Crippen LogP contribution in [0.25, 0.3) is 44.5 Å². The van der Waals surface area contributed by atoms with E-state index < -0.39 is 18.9 Å². The van der Waals surface area contributed by atoms with Gasteiger partial charge in [0.05, 0.1) is 22.2 Å². The van der Waals surface area contributed by atoms with Crippen molar-refractivity contribution < 1.29 is 0 Å². The van der Waals surface area contributed by atoms with Crippen molar-refractivity contribution in [2.45, 2.75) is 63.2 Å². The average Bonchev–Trinajstić information content (AvgIpc) is 1.42. The van der Waals surface area contributed by atoms with Crippen molar-refractivity contribution in [2.75, 3.05) is 9.80 Å². The van der Waals surface area contributed by atoms with Crippen LogP contribution in [-0.4, -0.2) is 14.8 Å². The van der Waals surface area contributed by atoms with E-state index in [0.717, 1.165) is 0 Å². The topological polar surface area (TPSA) is 6.48 Å². The second-order valence-corrected chi connectivity index (χ2v) is 33.9. The molecule has 0 aromatic heterocycles. The first-order valence-electron chi connectivity index (χ1n) is 35.0. The lowest BCUT2D eigenvalue weighted by Gasteiger charge is -2.48. The van der Waals surface area contributed by atoms with E-state index >= 15 is 0 Å². The third-order valence-electron chi connectivity index (χ3n) is 23.3. The van der Waals surface area contributed by atoms with E-state index in [-0.39, 0.29) is 17.5 Å². The molecule has 2 aliphatic heterocycles. The van der Waals surface area contributed by atoms with E-state index in [4.69, 9.17) is 0 Å². The first-order chi connectivity index (χ1) is 47.9. The van der Waals surface area contributed by atoms with E-state index in [2.05, 4.69) is 373 Å². The Balaban J connectivity index is 0.993. The van der Waals surface area contributed by atoms with Gasteiger partial charge in [-0.2, -0.15) is 0 Å². The van der Waals surface area contributed by atoms with Crippen LogP contribution in [0.4, 0.5) is 34.1 Å².